The first kappa shape index (κ1) is 16.6. The van der Waals surface area contributed by atoms with E-state index < -0.39 is 17.7 Å². The van der Waals surface area contributed by atoms with Crippen molar-refractivity contribution in [2.45, 2.75) is 31.6 Å². The molecule has 1 aromatic carbocycles. The Morgan fingerprint density at radius 2 is 2.09 bits per heavy atom. The molecule has 0 aromatic heterocycles. The van der Waals surface area contributed by atoms with Crippen LogP contribution in [0.25, 0.3) is 0 Å². The summed E-state index contributed by atoms with van der Waals surface area (Å²) in [6.07, 6.45) is 0.844. The molecule has 23 heavy (non-hydrogen) atoms. The van der Waals surface area contributed by atoms with E-state index in [9.17, 15) is 5.11 Å². The third-order valence-corrected chi connectivity index (χ3v) is 3.74. The molecule has 2 N–H and O–H groups in total. The van der Waals surface area contributed by atoms with Gasteiger partial charge < -0.3 is 20.1 Å². The molecular weight excluding hydrogens is 294 g/mol. The number of fused-ring (bicyclic) bond motifs is 1. The molecule has 2 unspecified atom stereocenters. The van der Waals surface area contributed by atoms with Gasteiger partial charge in [-0.2, -0.15) is 10.5 Å². The van der Waals surface area contributed by atoms with E-state index in [1.165, 1.54) is 0 Å². The SMILES string of the molecule is CN(C)C(=NC#N)NC1c2cc(C#N)ccc2OC(C)(C)C1O. The summed E-state index contributed by atoms with van der Waals surface area (Å²) in [4.78, 5) is 5.38. The summed E-state index contributed by atoms with van der Waals surface area (Å²) in [6.45, 7) is 3.56. The molecule has 0 radical (unpaired) electrons. The summed E-state index contributed by atoms with van der Waals surface area (Å²) in [5.41, 5.74) is 0.293. The van der Waals surface area contributed by atoms with Crippen molar-refractivity contribution in [3.8, 4) is 18.0 Å². The first-order chi connectivity index (χ1) is 10.8. The molecule has 0 saturated heterocycles. The number of aliphatic imine (C=N–C) groups is 1. The average Bonchev–Trinajstić information content (AvgIpc) is 2.50. The molecule has 7 heteroatoms. The van der Waals surface area contributed by atoms with Crippen molar-refractivity contribution in [2.75, 3.05) is 14.1 Å². The Labute approximate surface area is 135 Å². The van der Waals surface area contributed by atoms with Crippen molar-refractivity contribution in [1.82, 2.24) is 10.2 Å². The van der Waals surface area contributed by atoms with Gasteiger partial charge in [0.15, 0.2) is 0 Å². The van der Waals surface area contributed by atoms with Gasteiger partial charge in [-0.15, -0.1) is 4.99 Å². The van der Waals surface area contributed by atoms with Crippen LogP contribution in [0, 0.1) is 22.8 Å². The lowest BCUT2D eigenvalue weighted by Gasteiger charge is -2.43. The molecule has 2 rings (SSSR count). The number of aliphatic hydroxyl groups is 1. The molecule has 1 aliphatic rings. The maximum atomic E-state index is 10.7. The van der Waals surface area contributed by atoms with Crippen LogP contribution in [0.3, 0.4) is 0 Å². The minimum Gasteiger partial charge on any atom is -0.485 e. The monoisotopic (exact) mass is 313 g/mol. The van der Waals surface area contributed by atoms with Crippen molar-refractivity contribution in [3.05, 3.63) is 29.3 Å². The second-order valence-electron chi connectivity index (χ2n) is 6.07. The molecule has 0 amide bonds. The Morgan fingerprint density at radius 1 is 1.39 bits per heavy atom. The largest absolute Gasteiger partial charge is 0.485 e. The molecule has 1 aliphatic heterocycles. The lowest BCUT2D eigenvalue weighted by atomic mass is 9.86. The van der Waals surface area contributed by atoms with Gasteiger partial charge >= 0.3 is 0 Å². The second-order valence-corrected chi connectivity index (χ2v) is 6.07. The second kappa shape index (κ2) is 6.15. The van der Waals surface area contributed by atoms with Crippen molar-refractivity contribution in [3.63, 3.8) is 0 Å². The van der Waals surface area contributed by atoms with Crippen molar-refractivity contribution < 1.29 is 9.84 Å². The molecule has 120 valence electrons. The van der Waals surface area contributed by atoms with E-state index in [0.717, 1.165) is 0 Å². The van der Waals surface area contributed by atoms with Gasteiger partial charge in [-0.25, -0.2) is 0 Å². The number of rotatable bonds is 1. The van der Waals surface area contributed by atoms with Gasteiger partial charge in [-0.05, 0) is 32.0 Å². The zero-order valence-corrected chi connectivity index (χ0v) is 13.5. The van der Waals surface area contributed by atoms with E-state index in [1.807, 2.05) is 0 Å². The number of hydrogen-bond acceptors (Lipinski definition) is 5. The van der Waals surface area contributed by atoms with E-state index in [2.05, 4.69) is 16.4 Å². The molecule has 0 spiro atoms. The average molecular weight is 313 g/mol. The quantitative estimate of drug-likeness (QED) is 0.457. The summed E-state index contributed by atoms with van der Waals surface area (Å²) < 4.78 is 5.85. The summed E-state index contributed by atoms with van der Waals surface area (Å²) in [6, 6.07) is 6.57. The van der Waals surface area contributed by atoms with Crippen LogP contribution in [-0.2, 0) is 0 Å². The van der Waals surface area contributed by atoms with Crippen LogP contribution in [0.15, 0.2) is 23.2 Å². The van der Waals surface area contributed by atoms with Crippen LogP contribution in [0.5, 0.6) is 5.75 Å². The molecule has 1 aromatic rings. The Balaban J connectivity index is 2.51. The molecule has 0 bridgehead atoms. The zero-order chi connectivity index (χ0) is 17.2. The highest BCUT2D eigenvalue weighted by atomic mass is 16.5. The lowest BCUT2D eigenvalue weighted by molar-refractivity contribution is -0.0614. The fraction of sp³-hybridized carbons (Fsp3) is 0.438. The van der Waals surface area contributed by atoms with Gasteiger partial charge in [-0.1, -0.05) is 0 Å². The summed E-state index contributed by atoms with van der Waals surface area (Å²) in [5.74, 6) is 0.912. The zero-order valence-electron chi connectivity index (χ0n) is 13.5. The van der Waals surface area contributed by atoms with Crippen molar-refractivity contribution in [1.29, 1.82) is 10.5 Å². The summed E-state index contributed by atoms with van der Waals surface area (Å²) in [5, 5.41) is 31.7. The topological polar surface area (TPSA) is 105 Å². The van der Waals surface area contributed by atoms with Gasteiger partial charge in [0.25, 0.3) is 0 Å². The van der Waals surface area contributed by atoms with Crippen molar-refractivity contribution in [2.24, 2.45) is 4.99 Å². The molecule has 7 nitrogen and oxygen atoms in total. The van der Waals surface area contributed by atoms with Gasteiger partial charge in [0.2, 0.25) is 12.2 Å². The van der Waals surface area contributed by atoms with E-state index in [4.69, 9.17) is 15.3 Å². The van der Waals surface area contributed by atoms with E-state index in [1.54, 1.807) is 57.2 Å². The lowest BCUT2D eigenvalue weighted by Crippen LogP contribution is -2.55. The van der Waals surface area contributed by atoms with Gasteiger partial charge in [0, 0.05) is 19.7 Å². The number of benzene rings is 1. The van der Waals surface area contributed by atoms with Gasteiger partial charge in [-0.3, -0.25) is 0 Å². The minimum absolute atomic E-state index is 0.322. The van der Waals surface area contributed by atoms with Crippen LogP contribution in [0.4, 0.5) is 0 Å². The Hall–Kier alpha value is -2.77. The number of aliphatic hydroxyl groups excluding tert-OH is 1. The normalized spacial score (nSPS) is 22.1. The minimum atomic E-state index is -0.896. The fourth-order valence-corrected chi connectivity index (χ4v) is 2.47. The smallest absolute Gasteiger partial charge is 0.209 e. The number of hydrogen-bond donors (Lipinski definition) is 2. The number of nitrogens with zero attached hydrogens (tertiary/aromatic N) is 4. The number of ether oxygens (including phenoxy) is 1. The summed E-state index contributed by atoms with van der Waals surface area (Å²) in [7, 11) is 3.49. The third-order valence-electron chi connectivity index (χ3n) is 3.74. The fourth-order valence-electron chi connectivity index (χ4n) is 2.47. The highest BCUT2D eigenvalue weighted by molar-refractivity contribution is 5.81. The van der Waals surface area contributed by atoms with Crippen LogP contribution in [0.2, 0.25) is 0 Å². The van der Waals surface area contributed by atoms with E-state index in [0.29, 0.717) is 22.8 Å². The molecular formula is C16H19N5O2. The van der Waals surface area contributed by atoms with Crippen molar-refractivity contribution >= 4 is 5.96 Å². The maximum Gasteiger partial charge on any atom is 0.209 e. The number of nitrogens with one attached hydrogen (secondary N) is 1. The van der Waals surface area contributed by atoms with Crippen LogP contribution in [0.1, 0.15) is 31.0 Å². The first-order valence-corrected chi connectivity index (χ1v) is 7.12. The highest BCUT2D eigenvalue weighted by Crippen LogP contribution is 2.40. The van der Waals surface area contributed by atoms with E-state index >= 15 is 0 Å². The predicted molar refractivity (Wildman–Crippen MR) is 84.5 cm³/mol. The standard InChI is InChI=1S/C16H19N5O2/c1-16(2)14(22)13(20-15(19-9-18)21(3)4)11-7-10(8-17)5-6-12(11)23-16/h5-7,13-14,22H,1-4H3,(H,19,20). The molecule has 0 saturated carbocycles. The highest BCUT2D eigenvalue weighted by Gasteiger charge is 2.43. The number of nitriles is 2. The molecule has 0 fully saturated rings. The molecule has 1 heterocycles. The first-order valence-electron chi connectivity index (χ1n) is 7.12. The van der Waals surface area contributed by atoms with Crippen LogP contribution >= 0.6 is 0 Å². The third kappa shape index (κ3) is 3.20. The van der Waals surface area contributed by atoms with E-state index in [-0.39, 0.29) is 0 Å². The summed E-state index contributed by atoms with van der Waals surface area (Å²) >= 11 is 0. The predicted octanol–water partition coefficient (Wildman–Crippen LogP) is 1.12. The Bertz CT molecular complexity index is 712. The molecule has 2 atom stereocenters. The molecule has 0 aliphatic carbocycles. The van der Waals surface area contributed by atoms with Gasteiger partial charge in [0.1, 0.15) is 17.5 Å². The Kier molecular flexibility index (Phi) is 4.44. The Morgan fingerprint density at radius 3 is 2.65 bits per heavy atom. The van der Waals surface area contributed by atoms with Crippen LogP contribution in [-0.4, -0.2) is 41.8 Å². The van der Waals surface area contributed by atoms with Crippen LogP contribution < -0.4 is 10.1 Å². The maximum absolute atomic E-state index is 10.7. The number of guanidine groups is 1. The van der Waals surface area contributed by atoms with Gasteiger partial charge in [0.05, 0.1) is 17.7 Å².